The minimum atomic E-state index is -1.09. The molecule has 1 rings (SSSR count). The Morgan fingerprint density at radius 3 is 3.08 bits per heavy atom. The van der Waals surface area contributed by atoms with Crippen LogP contribution >= 0.6 is 0 Å². The maximum absolute atomic E-state index is 13.1. The Bertz CT molecular complexity index is 163. The Morgan fingerprint density at radius 2 is 2.50 bits per heavy atom. The molecule has 0 radical (unpaired) electrons. The first-order valence-corrected chi connectivity index (χ1v) is 4.27. The molecule has 2 atom stereocenters. The maximum Gasteiger partial charge on any atom is 0.311 e. The topological polar surface area (TPSA) is 38.3 Å². The third-order valence-electron chi connectivity index (χ3n) is 2.00. The van der Waals surface area contributed by atoms with Crippen molar-refractivity contribution in [3.05, 3.63) is 0 Å². The fourth-order valence-corrected chi connectivity index (χ4v) is 1.34. The monoisotopic (exact) mass is 175 g/mol. The van der Waals surface area contributed by atoms with E-state index < -0.39 is 18.1 Å². The second kappa shape index (κ2) is 4.40. The molecule has 0 saturated carbocycles. The summed E-state index contributed by atoms with van der Waals surface area (Å²) in [7, 11) is 0. The van der Waals surface area contributed by atoms with Crippen LogP contribution in [0.2, 0.25) is 0 Å². The summed E-state index contributed by atoms with van der Waals surface area (Å²) in [6, 6.07) is 0. The zero-order valence-corrected chi connectivity index (χ0v) is 7.18. The number of nitrogens with one attached hydrogen (secondary N) is 1. The van der Waals surface area contributed by atoms with Gasteiger partial charge in [0.25, 0.3) is 0 Å². The van der Waals surface area contributed by atoms with Crippen molar-refractivity contribution in [2.24, 2.45) is 5.92 Å². The first-order valence-electron chi connectivity index (χ1n) is 4.27. The van der Waals surface area contributed by atoms with Gasteiger partial charge in [-0.2, -0.15) is 0 Å². The molecule has 1 aliphatic heterocycles. The van der Waals surface area contributed by atoms with Gasteiger partial charge in [0, 0.05) is 6.54 Å². The van der Waals surface area contributed by atoms with E-state index in [1.54, 1.807) is 6.92 Å². The van der Waals surface area contributed by atoms with Crippen LogP contribution < -0.4 is 5.32 Å². The largest absolute Gasteiger partial charge is 0.466 e. The quantitative estimate of drug-likeness (QED) is 0.621. The van der Waals surface area contributed by atoms with E-state index in [1.807, 2.05) is 0 Å². The van der Waals surface area contributed by atoms with Gasteiger partial charge in [0.05, 0.1) is 12.5 Å². The number of hydrogen-bond acceptors (Lipinski definition) is 3. The fraction of sp³-hybridized carbons (Fsp3) is 0.875. The Balaban J connectivity index is 2.42. The molecule has 0 bridgehead atoms. The van der Waals surface area contributed by atoms with Gasteiger partial charge in [-0.3, -0.25) is 4.79 Å². The van der Waals surface area contributed by atoms with Crippen molar-refractivity contribution < 1.29 is 13.9 Å². The van der Waals surface area contributed by atoms with E-state index in [2.05, 4.69) is 5.32 Å². The Labute approximate surface area is 71.3 Å². The van der Waals surface area contributed by atoms with Crippen molar-refractivity contribution in [3.8, 4) is 0 Å². The van der Waals surface area contributed by atoms with E-state index in [0.29, 0.717) is 19.6 Å². The first-order chi connectivity index (χ1) is 5.75. The number of alkyl halides is 1. The molecule has 1 N–H and O–H groups in total. The van der Waals surface area contributed by atoms with Gasteiger partial charge in [-0.25, -0.2) is 4.39 Å². The second-order valence-electron chi connectivity index (χ2n) is 2.87. The van der Waals surface area contributed by atoms with Crippen LogP contribution in [0.1, 0.15) is 13.3 Å². The van der Waals surface area contributed by atoms with Crippen LogP contribution in [0.5, 0.6) is 0 Å². The molecule has 1 saturated heterocycles. The molecule has 0 spiro atoms. The van der Waals surface area contributed by atoms with Gasteiger partial charge in [0.15, 0.2) is 0 Å². The summed E-state index contributed by atoms with van der Waals surface area (Å²) in [5.74, 6) is -0.947. The van der Waals surface area contributed by atoms with Gasteiger partial charge in [-0.1, -0.05) is 0 Å². The molecule has 1 heterocycles. The number of piperidine rings is 1. The first kappa shape index (κ1) is 9.45. The molecule has 0 amide bonds. The summed E-state index contributed by atoms with van der Waals surface area (Å²) in [5.41, 5.74) is 0. The van der Waals surface area contributed by atoms with Crippen molar-refractivity contribution in [1.29, 1.82) is 0 Å². The predicted molar refractivity (Wildman–Crippen MR) is 42.5 cm³/mol. The van der Waals surface area contributed by atoms with Crippen molar-refractivity contribution in [2.45, 2.75) is 19.5 Å². The minimum absolute atomic E-state index is 0.267. The molecule has 1 fully saturated rings. The van der Waals surface area contributed by atoms with Gasteiger partial charge in [-0.15, -0.1) is 0 Å². The fourth-order valence-electron chi connectivity index (χ4n) is 1.34. The highest BCUT2D eigenvalue weighted by Gasteiger charge is 2.31. The number of esters is 1. The standard InChI is InChI=1S/C8H14FNO2/c1-2-12-8(11)6-3-4-10-5-7(6)9/h6-7,10H,2-5H2,1H3/t6-,7+/m1/s1. The van der Waals surface area contributed by atoms with E-state index in [1.165, 1.54) is 0 Å². The molecule has 0 unspecified atom stereocenters. The third kappa shape index (κ3) is 2.17. The van der Waals surface area contributed by atoms with E-state index in [-0.39, 0.29) is 6.54 Å². The lowest BCUT2D eigenvalue weighted by molar-refractivity contribution is -0.151. The summed E-state index contributed by atoms with van der Waals surface area (Å²) in [6.45, 7) is 3.02. The highest BCUT2D eigenvalue weighted by molar-refractivity contribution is 5.73. The van der Waals surface area contributed by atoms with E-state index >= 15 is 0 Å². The van der Waals surface area contributed by atoms with Crippen molar-refractivity contribution in [3.63, 3.8) is 0 Å². The smallest absolute Gasteiger partial charge is 0.311 e. The molecule has 0 aromatic carbocycles. The average molecular weight is 175 g/mol. The lowest BCUT2D eigenvalue weighted by Crippen LogP contribution is -2.42. The second-order valence-corrected chi connectivity index (χ2v) is 2.87. The zero-order chi connectivity index (χ0) is 8.97. The van der Waals surface area contributed by atoms with Crippen molar-refractivity contribution in [1.82, 2.24) is 5.32 Å². The summed E-state index contributed by atoms with van der Waals surface area (Å²) in [4.78, 5) is 11.1. The lowest BCUT2D eigenvalue weighted by Gasteiger charge is -2.24. The number of carbonyl (C=O) groups is 1. The molecule has 12 heavy (non-hydrogen) atoms. The molecule has 70 valence electrons. The van der Waals surface area contributed by atoms with Crippen LogP contribution in [0, 0.1) is 5.92 Å². The molecule has 0 aliphatic carbocycles. The summed E-state index contributed by atoms with van der Waals surface area (Å²) < 4.78 is 17.8. The Morgan fingerprint density at radius 1 is 1.75 bits per heavy atom. The molecule has 3 nitrogen and oxygen atoms in total. The van der Waals surface area contributed by atoms with Gasteiger partial charge in [0.2, 0.25) is 0 Å². The molecular formula is C8H14FNO2. The number of hydrogen-bond donors (Lipinski definition) is 1. The highest BCUT2D eigenvalue weighted by Crippen LogP contribution is 2.17. The van der Waals surface area contributed by atoms with Gasteiger partial charge >= 0.3 is 5.97 Å². The normalized spacial score (nSPS) is 29.8. The summed E-state index contributed by atoms with van der Waals surface area (Å²) in [6.07, 6.45) is -0.544. The molecule has 0 aromatic rings. The average Bonchev–Trinajstić information content (AvgIpc) is 2.05. The van der Waals surface area contributed by atoms with Crippen LogP contribution in [0.25, 0.3) is 0 Å². The van der Waals surface area contributed by atoms with Crippen LogP contribution in [-0.2, 0) is 9.53 Å². The number of ether oxygens (including phenoxy) is 1. The van der Waals surface area contributed by atoms with Crippen LogP contribution in [0.3, 0.4) is 0 Å². The van der Waals surface area contributed by atoms with E-state index in [9.17, 15) is 9.18 Å². The van der Waals surface area contributed by atoms with Crippen molar-refractivity contribution >= 4 is 5.97 Å². The Kier molecular flexibility index (Phi) is 3.47. The zero-order valence-electron chi connectivity index (χ0n) is 7.18. The number of rotatable bonds is 2. The molecular weight excluding hydrogens is 161 g/mol. The van der Waals surface area contributed by atoms with E-state index in [4.69, 9.17) is 4.74 Å². The third-order valence-corrected chi connectivity index (χ3v) is 2.00. The van der Waals surface area contributed by atoms with Gasteiger partial charge < -0.3 is 10.1 Å². The highest BCUT2D eigenvalue weighted by atomic mass is 19.1. The molecule has 4 heteroatoms. The van der Waals surface area contributed by atoms with Crippen LogP contribution in [-0.4, -0.2) is 31.8 Å². The molecule has 1 aliphatic rings. The number of halogens is 1. The SMILES string of the molecule is CCOC(=O)[C@@H]1CCNC[C@@H]1F. The van der Waals surface area contributed by atoms with E-state index in [0.717, 1.165) is 0 Å². The summed E-state index contributed by atoms with van der Waals surface area (Å²) >= 11 is 0. The summed E-state index contributed by atoms with van der Waals surface area (Å²) in [5, 5.41) is 2.88. The van der Waals surface area contributed by atoms with Crippen LogP contribution in [0.4, 0.5) is 4.39 Å². The molecule has 0 aromatic heterocycles. The minimum Gasteiger partial charge on any atom is -0.466 e. The van der Waals surface area contributed by atoms with Gasteiger partial charge in [-0.05, 0) is 19.9 Å². The van der Waals surface area contributed by atoms with Crippen LogP contribution in [0.15, 0.2) is 0 Å². The maximum atomic E-state index is 13.1. The lowest BCUT2D eigenvalue weighted by atomic mass is 9.96. The van der Waals surface area contributed by atoms with Crippen molar-refractivity contribution in [2.75, 3.05) is 19.7 Å². The van der Waals surface area contributed by atoms with Gasteiger partial charge in [0.1, 0.15) is 6.17 Å². The number of carbonyl (C=O) groups excluding carboxylic acids is 1. The predicted octanol–water partition coefficient (Wildman–Crippen LogP) is 0.497. The Hall–Kier alpha value is -0.640.